The van der Waals surface area contributed by atoms with Gasteiger partial charge in [-0.05, 0) is 55.1 Å². The highest BCUT2D eigenvalue weighted by Gasteiger charge is 2.43. The second-order valence-electron chi connectivity index (χ2n) is 7.48. The molecule has 0 aliphatic heterocycles. The van der Waals surface area contributed by atoms with Gasteiger partial charge in [0.25, 0.3) is 5.91 Å². The molecule has 2 atom stereocenters. The third kappa shape index (κ3) is 3.13. The zero-order chi connectivity index (χ0) is 18.5. The Morgan fingerprint density at radius 3 is 2.46 bits per heavy atom. The molecule has 2 unspecified atom stereocenters. The molecule has 1 aromatic heterocycles. The van der Waals surface area contributed by atoms with Gasteiger partial charge in [0.1, 0.15) is 0 Å². The number of carbonyl (C=O) groups is 1. The Hall–Kier alpha value is -2.24. The summed E-state index contributed by atoms with van der Waals surface area (Å²) in [5.41, 5.74) is 0.426. The molecule has 0 bridgehead atoms. The molecule has 6 heteroatoms. The molecule has 4 rings (SSSR count). The number of nitrogens with zero attached hydrogens (tertiary/aromatic N) is 1. The minimum absolute atomic E-state index is 0.345. The van der Waals surface area contributed by atoms with Crippen molar-refractivity contribution >= 4 is 11.6 Å². The standard InChI is InChI=1S/C20H21F3N2O/c1-25-10-16(17(11-25)20(21,22)23)19(26)24-18-5-3-2-4-15(18)14-9-8-13(14)12-6-7-12/h2-5,10-14H,6-9H2,1H3,(H,24,26). The van der Waals surface area contributed by atoms with Gasteiger partial charge in [0.15, 0.2) is 0 Å². The number of halogens is 3. The number of carbonyl (C=O) groups excluding carboxylic acids is 1. The summed E-state index contributed by atoms with van der Waals surface area (Å²) in [6, 6.07) is 7.51. The molecule has 2 saturated carbocycles. The van der Waals surface area contributed by atoms with Gasteiger partial charge in [-0.3, -0.25) is 4.79 Å². The number of amides is 1. The van der Waals surface area contributed by atoms with Crippen LogP contribution in [0.3, 0.4) is 0 Å². The van der Waals surface area contributed by atoms with E-state index in [1.54, 1.807) is 12.1 Å². The second kappa shape index (κ2) is 6.18. The largest absolute Gasteiger partial charge is 0.418 e. The van der Waals surface area contributed by atoms with Gasteiger partial charge < -0.3 is 9.88 Å². The molecule has 2 fully saturated rings. The van der Waals surface area contributed by atoms with Crippen molar-refractivity contribution in [2.24, 2.45) is 18.9 Å². The van der Waals surface area contributed by atoms with Crippen molar-refractivity contribution in [1.29, 1.82) is 0 Å². The molecule has 1 N–H and O–H groups in total. The van der Waals surface area contributed by atoms with E-state index in [1.807, 2.05) is 12.1 Å². The van der Waals surface area contributed by atoms with Crippen molar-refractivity contribution in [3.8, 4) is 0 Å². The summed E-state index contributed by atoms with van der Waals surface area (Å²) < 4.78 is 40.8. The lowest BCUT2D eigenvalue weighted by Crippen LogP contribution is -2.27. The first-order chi connectivity index (χ1) is 12.3. The molecule has 1 heterocycles. The number of hydrogen-bond donors (Lipinski definition) is 1. The number of anilines is 1. The normalized spacial score (nSPS) is 22.8. The van der Waals surface area contributed by atoms with Crippen LogP contribution < -0.4 is 5.32 Å². The molecule has 26 heavy (non-hydrogen) atoms. The second-order valence-corrected chi connectivity index (χ2v) is 7.48. The van der Waals surface area contributed by atoms with Crippen LogP contribution in [-0.2, 0) is 13.2 Å². The molecule has 2 aliphatic carbocycles. The van der Waals surface area contributed by atoms with Crippen LogP contribution in [0.2, 0.25) is 0 Å². The van der Waals surface area contributed by atoms with Gasteiger partial charge in [0.2, 0.25) is 0 Å². The summed E-state index contributed by atoms with van der Waals surface area (Å²) in [7, 11) is 1.48. The Morgan fingerprint density at radius 1 is 1.12 bits per heavy atom. The fourth-order valence-corrected chi connectivity index (χ4v) is 4.11. The number of alkyl halides is 3. The summed E-state index contributed by atoms with van der Waals surface area (Å²) in [4.78, 5) is 12.6. The lowest BCUT2D eigenvalue weighted by atomic mass is 9.67. The summed E-state index contributed by atoms with van der Waals surface area (Å²) >= 11 is 0. The van der Waals surface area contributed by atoms with E-state index in [-0.39, 0.29) is 5.56 Å². The number of aromatic nitrogens is 1. The van der Waals surface area contributed by atoms with E-state index >= 15 is 0 Å². The molecule has 1 amide bonds. The van der Waals surface area contributed by atoms with E-state index in [0.717, 1.165) is 24.1 Å². The van der Waals surface area contributed by atoms with Crippen LogP contribution in [0.4, 0.5) is 18.9 Å². The van der Waals surface area contributed by atoms with Crippen LogP contribution in [0, 0.1) is 11.8 Å². The van der Waals surface area contributed by atoms with Crippen LogP contribution in [0.1, 0.15) is 53.1 Å². The number of nitrogens with one attached hydrogen (secondary N) is 1. The maximum absolute atomic E-state index is 13.2. The predicted molar refractivity (Wildman–Crippen MR) is 93.0 cm³/mol. The molecule has 2 aliphatic rings. The predicted octanol–water partition coefficient (Wildman–Crippen LogP) is 5.20. The monoisotopic (exact) mass is 362 g/mol. The molecule has 0 radical (unpaired) electrons. The minimum atomic E-state index is -4.56. The molecule has 0 saturated heterocycles. The average molecular weight is 362 g/mol. The maximum Gasteiger partial charge on any atom is 0.418 e. The van der Waals surface area contributed by atoms with Crippen LogP contribution in [0.25, 0.3) is 0 Å². The average Bonchev–Trinajstić information content (AvgIpc) is 3.26. The Morgan fingerprint density at radius 2 is 1.85 bits per heavy atom. The summed E-state index contributed by atoms with van der Waals surface area (Å²) in [5.74, 6) is 1.11. The molecule has 2 aromatic rings. The topological polar surface area (TPSA) is 34.0 Å². The highest BCUT2D eigenvalue weighted by molar-refractivity contribution is 6.05. The van der Waals surface area contributed by atoms with Gasteiger partial charge in [-0.2, -0.15) is 13.2 Å². The molecule has 3 nitrogen and oxygen atoms in total. The zero-order valence-corrected chi connectivity index (χ0v) is 14.5. The molecule has 138 valence electrons. The number of aryl methyl sites for hydroxylation is 1. The number of hydrogen-bond acceptors (Lipinski definition) is 1. The molecule has 1 aromatic carbocycles. The Bertz CT molecular complexity index is 836. The fourth-order valence-electron chi connectivity index (χ4n) is 4.11. The SMILES string of the molecule is Cn1cc(C(=O)Nc2ccccc2C2CCC2C2CC2)c(C(F)(F)F)c1. The smallest absolute Gasteiger partial charge is 0.356 e. The van der Waals surface area contributed by atoms with Crippen molar-refractivity contribution < 1.29 is 18.0 Å². The van der Waals surface area contributed by atoms with Gasteiger partial charge >= 0.3 is 6.18 Å². The van der Waals surface area contributed by atoms with E-state index in [0.29, 0.717) is 17.5 Å². The van der Waals surface area contributed by atoms with Gasteiger partial charge in [0, 0.05) is 25.1 Å². The summed E-state index contributed by atoms with van der Waals surface area (Å²) in [6.45, 7) is 0. The molecule has 0 spiro atoms. The Kier molecular flexibility index (Phi) is 4.09. The quantitative estimate of drug-likeness (QED) is 0.797. The minimum Gasteiger partial charge on any atom is -0.356 e. The Balaban J connectivity index is 1.60. The molecular formula is C20H21F3N2O. The molecular weight excluding hydrogens is 341 g/mol. The maximum atomic E-state index is 13.2. The first-order valence-electron chi connectivity index (χ1n) is 8.98. The van der Waals surface area contributed by atoms with Crippen molar-refractivity contribution in [1.82, 2.24) is 4.57 Å². The van der Waals surface area contributed by atoms with Crippen molar-refractivity contribution in [2.75, 3.05) is 5.32 Å². The lowest BCUT2D eigenvalue weighted by molar-refractivity contribution is -0.137. The van der Waals surface area contributed by atoms with Crippen LogP contribution in [0.15, 0.2) is 36.7 Å². The first kappa shape index (κ1) is 17.2. The lowest BCUT2D eigenvalue weighted by Gasteiger charge is -2.38. The van der Waals surface area contributed by atoms with Crippen molar-refractivity contribution in [3.63, 3.8) is 0 Å². The van der Waals surface area contributed by atoms with E-state index in [9.17, 15) is 18.0 Å². The van der Waals surface area contributed by atoms with E-state index in [1.165, 1.54) is 37.1 Å². The number of benzene rings is 1. The van der Waals surface area contributed by atoms with Gasteiger partial charge in [-0.1, -0.05) is 18.2 Å². The van der Waals surface area contributed by atoms with Gasteiger partial charge in [0.05, 0.1) is 11.1 Å². The summed E-state index contributed by atoms with van der Waals surface area (Å²) in [6.07, 6.45) is 2.43. The first-order valence-corrected chi connectivity index (χ1v) is 8.98. The third-order valence-electron chi connectivity index (χ3n) is 5.67. The van der Waals surface area contributed by atoms with Gasteiger partial charge in [-0.15, -0.1) is 0 Å². The number of para-hydroxylation sites is 1. The number of rotatable bonds is 4. The van der Waals surface area contributed by atoms with Crippen molar-refractivity contribution in [3.05, 3.63) is 53.3 Å². The van der Waals surface area contributed by atoms with Gasteiger partial charge in [-0.25, -0.2) is 0 Å². The van der Waals surface area contributed by atoms with E-state index in [4.69, 9.17) is 0 Å². The fraction of sp³-hybridized carbons (Fsp3) is 0.450. The van der Waals surface area contributed by atoms with Crippen LogP contribution in [-0.4, -0.2) is 10.5 Å². The van der Waals surface area contributed by atoms with Crippen molar-refractivity contribution in [2.45, 2.75) is 37.8 Å². The van der Waals surface area contributed by atoms with E-state index < -0.39 is 17.6 Å². The highest BCUT2D eigenvalue weighted by Crippen LogP contribution is 2.55. The third-order valence-corrected chi connectivity index (χ3v) is 5.67. The summed E-state index contributed by atoms with van der Waals surface area (Å²) in [5, 5.41) is 2.73. The highest BCUT2D eigenvalue weighted by atomic mass is 19.4. The van der Waals surface area contributed by atoms with E-state index in [2.05, 4.69) is 5.32 Å². The Labute approximate surface area is 150 Å². The van der Waals surface area contributed by atoms with Crippen LogP contribution >= 0.6 is 0 Å². The zero-order valence-electron chi connectivity index (χ0n) is 14.5. The van der Waals surface area contributed by atoms with Crippen LogP contribution in [0.5, 0.6) is 0 Å².